The van der Waals surface area contributed by atoms with Crippen LogP contribution in [-0.4, -0.2) is 23.8 Å². The largest absolute Gasteiger partial charge is 0.389 e. The Bertz CT molecular complexity index is 390. The first-order chi connectivity index (χ1) is 8.03. The number of hydrogen-bond acceptors (Lipinski definition) is 2. The predicted octanol–water partition coefficient (Wildman–Crippen LogP) is 2.90. The predicted molar refractivity (Wildman–Crippen MR) is 71.8 cm³/mol. The van der Waals surface area contributed by atoms with E-state index in [9.17, 15) is 5.11 Å². The molecular weight excluding hydrogens is 257 g/mol. The Morgan fingerprint density at radius 3 is 2.65 bits per heavy atom. The second kappa shape index (κ2) is 5.15. The minimum atomic E-state index is -0.708. The van der Waals surface area contributed by atoms with E-state index in [-0.39, 0.29) is 5.92 Å². The topological polar surface area (TPSA) is 32.3 Å². The summed E-state index contributed by atoms with van der Waals surface area (Å²) < 4.78 is 0. The zero-order valence-electron chi connectivity index (χ0n) is 9.84. The standard InChI is InChI=1S/C13H17Cl2NO/c1-9-8-16-6-5-13(9,17)7-10-11(14)3-2-4-12(10)15/h2-4,9,16-17H,5-8H2,1H3. The molecule has 2 rings (SSSR count). The highest BCUT2D eigenvalue weighted by molar-refractivity contribution is 6.36. The van der Waals surface area contributed by atoms with Gasteiger partial charge in [0.05, 0.1) is 5.60 Å². The van der Waals surface area contributed by atoms with Crippen LogP contribution in [-0.2, 0) is 6.42 Å². The van der Waals surface area contributed by atoms with Gasteiger partial charge in [-0.1, -0.05) is 36.2 Å². The van der Waals surface area contributed by atoms with Crippen LogP contribution in [0.1, 0.15) is 18.9 Å². The fraction of sp³-hybridized carbons (Fsp3) is 0.538. The Kier molecular flexibility index (Phi) is 3.99. The molecule has 2 atom stereocenters. The molecule has 2 N–H and O–H groups in total. The van der Waals surface area contributed by atoms with Gasteiger partial charge in [-0.3, -0.25) is 0 Å². The van der Waals surface area contributed by atoms with Crippen LogP contribution in [0.2, 0.25) is 10.0 Å². The lowest BCUT2D eigenvalue weighted by Gasteiger charge is -2.39. The minimum Gasteiger partial charge on any atom is -0.389 e. The molecule has 0 radical (unpaired) electrons. The van der Waals surface area contributed by atoms with Crippen molar-refractivity contribution in [2.45, 2.75) is 25.4 Å². The maximum absolute atomic E-state index is 10.7. The number of hydrogen-bond donors (Lipinski definition) is 2. The van der Waals surface area contributed by atoms with Crippen molar-refractivity contribution in [3.05, 3.63) is 33.8 Å². The summed E-state index contributed by atoms with van der Waals surface area (Å²) in [6.45, 7) is 3.72. The van der Waals surface area contributed by atoms with Crippen LogP contribution < -0.4 is 5.32 Å². The van der Waals surface area contributed by atoms with Gasteiger partial charge in [-0.15, -0.1) is 0 Å². The molecule has 0 spiro atoms. The molecule has 1 aliphatic rings. The Labute approximate surface area is 112 Å². The van der Waals surface area contributed by atoms with E-state index in [0.717, 1.165) is 25.1 Å². The summed E-state index contributed by atoms with van der Waals surface area (Å²) in [5.74, 6) is 0.198. The second-order valence-corrected chi connectivity index (χ2v) is 5.65. The molecule has 1 heterocycles. The SMILES string of the molecule is CC1CNCCC1(O)Cc1c(Cl)cccc1Cl. The van der Waals surface area contributed by atoms with Crippen LogP contribution in [0, 0.1) is 5.92 Å². The number of halogens is 2. The number of piperidine rings is 1. The van der Waals surface area contributed by atoms with Crippen molar-refractivity contribution in [3.8, 4) is 0 Å². The molecule has 4 heteroatoms. The Hall–Kier alpha value is -0.280. The fourth-order valence-electron chi connectivity index (χ4n) is 2.33. The van der Waals surface area contributed by atoms with E-state index < -0.39 is 5.60 Å². The van der Waals surface area contributed by atoms with Crippen LogP contribution in [0.4, 0.5) is 0 Å². The molecule has 0 saturated carbocycles. The zero-order chi connectivity index (χ0) is 12.5. The van der Waals surface area contributed by atoms with E-state index in [4.69, 9.17) is 23.2 Å². The molecule has 1 fully saturated rings. The Balaban J connectivity index is 2.25. The summed E-state index contributed by atoms with van der Waals surface area (Å²) >= 11 is 12.3. The van der Waals surface area contributed by atoms with Crippen molar-refractivity contribution in [1.29, 1.82) is 0 Å². The van der Waals surface area contributed by atoms with Crippen molar-refractivity contribution in [2.24, 2.45) is 5.92 Å². The number of benzene rings is 1. The lowest BCUT2D eigenvalue weighted by Crippen LogP contribution is -2.50. The molecule has 0 amide bonds. The van der Waals surface area contributed by atoms with E-state index in [0.29, 0.717) is 16.5 Å². The lowest BCUT2D eigenvalue weighted by atomic mass is 9.78. The summed E-state index contributed by atoms with van der Waals surface area (Å²) in [5.41, 5.74) is 0.145. The zero-order valence-corrected chi connectivity index (χ0v) is 11.4. The van der Waals surface area contributed by atoms with Crippen LogP contribution in [0.15, 0.2) is 18.2 Å². The third-order valence-electron chi connectivity index (χ3n) is 3.65. The average molecular weight is 274 g/mol. The van der Waals surface area contributed by atoms with Gasteiger partial charge in [0.25, 0.3) is 0 Å². The summed E-state index contributed by atoms with van der Waals surface area (Å²) in [7, 11) is 0. The molecule has 1 aromatic carbocycles. The van der Waals surface area contributed by atoms with E-state index >= 15 is 0 Å². The molecule has 17 heavy (non-hydrogen) atoms. The fourth-order valence-corrected chi connectivity index (χ4v) is 2.86. The van der Waals surface area contributed by atoms with Crippen LogP contribution >= 0.6 is 23.2 Å². The van der Waals surface area contributed by atoms with E-state index in [1.165, 1.54) is 0 Å². The summed E-state index contributed by atoms with van der Waals surface area (Å²) in [6, 6.07) is 5.46. The monoisotopic (exact) mass is 273 g/mol. The minimum absolute atomic E-state index is 0.198. The molecule has 0 aliphatic carbocycles. The van der Waals surface area contributed by atoms with Crippen molar-refractivity contribution in [2.75, 3.05) is 13.1 Å². The summed E-state index contributed by atoms with van der Waals surface area (Å²) in [6.07, 6.45) is 1.25. The Morgan fingerprint density at radius 2 is 2.06 bits per heavy atom. The number of rotatable bonds is 2. The van der Waals surface area contributed by atoms with Gasteiger partial charge in [-0.2, -0.15) is 0 Å². The summed E-state index contributed by atoms with van der Waals surface area (Å²) in [5, 5.41) is 15.2. The van der Waals surface area contributed by atoms with Crippen molar-refractivity contribution >= 4 is 23.2 Å². The highest BCUT2D eigenvalue weighted by atomic mass is 35.5. The molecule has 1 aromatic rings. The van der Waals surface area contributed by atoms with Gasteiger partial charge >= 0.3 is 0 Å². The van der Waals surface area contributed by atoms with Crippen LogP contribution in [0.5, 0.6) is 0 Å². The molecular formula is C13H17Cl2NO. The third kappa shape index (κ3) is 2.76. The highest BCUT2D eigenvalue weighted by Crippen LogP contribution is 2.34. The lowest BCUT2D eigenvalue weighted by molar-refractivity contribution is -0.0329. The van der Waals surface area contributed by atoms with Gasteiger partial charge in [0.2, 0.25) is 0 Å². The number of nitrogens with one attached hydrogen (secondary N) is 1. The molecule has 2 nitrogen and oxygen atoms in total. The van der Waals surface area contributed by atoms with Gasteiger partial charge in [-0.25, -0.2) is 0 Å². The maximum atomic E-state index is 10.7. The molecule has 0 aromatic heterocycles. The van der Waals surface area contributed by atoms with Crippen molar-refractivity contribution in [1.82, 2.24) is 5.32 Å². The quantitative estimate of drug-likeness (QED) is 0.869. The Morgan fingerprint density at radius 1 is 1.41 bits per heavy atom. The average Bonchev–Trinajstić information content (AvgIpc) is 2.28. The van der Waals surface area contributed by atoms with E-state index in [2.05, 4.69) is 12.2 Å². The van der Waals surface area contributed by atoms with Gasteiger partial charge in [0.1, 0.15) is 0 Å². The maximum Gasteiger partial charge on any atom is 0.0738 e. The van der Waals surface area contributed by atoms with Gasteiger partial charge in [0.15, 0.2) is 0 Å². The first-order valence-corrected chi connectivity index (χ1v) is 6.64. The number of aliphatic hydroxyl groups is 1. The van der Waals surface area contributed by atoms with E-state index in [1.807, 2.05) is 18.2 Å². The highest BCUT2D eigenvalue weighted by Gasteiger charge is 2.36. The van der Waals surface area contributed by atoms with Gasteiger partial charge in [0, 0.05) is 23.0 Å². The normalized spacial score (nSPS) is 29.3. The summed E-state index contributed by atoms with van der Waals surface area (Å²) in [4.78, 5) is 0. The van der Waals surface area contributed by atoms with Gasteiger partial charge < -0.3 is 10.4 Å². The van der Waals surface area contributed by atoms with Crippen LogP contribution in [0.3, 0.4) is 0 Å². The first-order valence-electron chi connectivity index (χ1n) is 5.89. The first kappa shape index (κ1) is 13.2. The van der Waals surface area contributed by atoms with Crippen molar-refractivity contribution in [3.63, 3.8) is 0 Å². The second-order valence-electron chi connectivity index (χ2n) is 4.84. The molecule has 2 unspecified atom stereocenters. The molecule has 0 bridgehead atoms. The van der Waals surface area contributed by atoms with Gasteiger partial charge in [-0.05, 0) is 36.6 Å². The third-order valence-corrected chi connectivity index (χ3v) is 4.36. The van der Waals surface area contributed by atoms with Crippen molar-refractivity contribution < 1.29 is 5.11 Å². The molecule has 1 aliphatic heterocycles. The molecule has 94 valence electrons. The van der Waals surface area contributed by atoms with E-state index in [1.54, 1.807) is 0 Å². The smallest absolute Gasteiger partial charge is 0.0738 e. The van der Waals surface area contributed by atoms with Crippen LogP contribution in [0.25, 0.3) is 0 Å². The molecule has 1 saturated heterocycles.